The fourth-order valence-corrected chi connectivity index (χ4v) is 1.38. The second-order valence-corrected chi connectivity index (χ2v) is 3.51. The van der Waals surface area contributed by atoms with Crippen molar-refractivity contribution in [1.82, 2.24) is 10.2 Å². The molecule has 0 saturated heterocycles. The summed E-state index contributed by atoms with van der Waals surface area (Å²) in [6.07, 6.45) is 0. The maximum atomic E-state index is 11.4. The molecule has 90 valence electrons. The quantitative estimate of drug-likeness (QED) is 0.571. The van der Waals surface area contributed by atoms with Crippen LogP contribution in [0.15, 0.2) is 0 Å². The highest BCUT2D eigenvalue weighted by atomic mass is 16.5. The number of hydrogen-bond acceptors (Lipinski definition) is 4. The van der Waals surface area contributed by atoms with Gasteiger partial charge in [-0.15, -0.1) is 0 Å². The summed E-state index contributed by atoms with van der Waals surface area (Å²) in [5.41, 5.74) is 5.30. The summed E-state index contributed by atoms with van der Waals surface area (Å²) in [5.74, 6) is 0.0188. The lowest BCUT2D eigenvalue weighted by atomic mass is 10.3. The number of rotatable bonds is 8. The van der Waals surface area contributed by atoms with Crippen LogP contribution >= 0.6 is 0 Å². The van der Waals surface area contributed by atoms with Gasteiger partial charge in [0, 0.05) is 26.2 Å². The van der Waals surface area contributed by atoms with Gasteiger partial charge in [0.25, 0.3) is 0 Å². The van der Waals surface area contributed by atoms with Gasteiger partial charge in [-0.05, 0) is 13.5 Å². The maximum absolute atomic E-state index is 11.4. The standard InChI is InChI=1S/C10H23N3O2/c1-4-13(9(2)8-15-3)7-10(14)12-6-5-11/h9H,4-8,11H2,1-3H3,(H,12,14). The first-order chi connectivity index (χ1) is 7.15. The number of nitrogens with zero attached hydrogens (tertiary/aromatic N) is 1. The molecule has 5 nitrogen and oxygen atoms in total. The molecule has 0 saturated carbocycles. The first kappa shape index (κ1) is 14.3. The van der Waals surface area contributed by atoms with Crippen molar-refractivity contribution in [2.75, 3.05) is 39.9 Å². The van der Waals surface area contributed by atoms with E-state index in [1.807, 2.05) is 13.8 Å². The van der Waals surface area contributed by atoms with Crippen LogP contribution in [0.3, 0.4) is 0 Å². The highest BCUT2D eigenvalue weighted by Crippen LogP contribution is 1.98. The molecule has 0 aliphatic rings. The molecular formula is C10H23N3O2. The Morgan fingerprint density at radius 2 is 2.27 bits per heavy atom. The zero-order chi connectivity index (χ0) is 11.7. The van der Waals surface area contributed by atoms with E-state index in [0.29, 0.717) is 26.2 Å². The molecule has 1 amide bonds. The van der Waals surface area contributed by atoms with Crippen molar-refractivity contribution >= 4 is 5.91 Å². The Kier molecular flexibility index (Phi) is 8.27. The number of ether oxygens (including phenoxy) is 1. The largest absolute Gasteiger partial charge is 0.383 e. The predicted octanol–water partition coefficient (Wildman–Crippen LogP) is -0.582. The number of hydrogen-bond donors (Lipinski definition) is 2. The summed E-state index contributed by atoms with van der Waals surface area (Å²) < 4.78 is 5.06. The van der Waals surface area contributed by atoms with Crippen LogP contribution in [0, 0.1) is 0 Å². The fourth-order valence-electron chi connectivity index (χ4n) is 1.38. The zero-order valence-electron chi connectivity index (χ0n) is 9.95. The first-order valence-corrected chi connectivity index (χ1v) is 5.35. The predicted molar refractivity (Wildman–Crippen MR) is 60.6 cm³/mol. The molecule has 0 aliphatic carbocycles. The number of carbonyl (C=O) groups is 1. The molecule has 0 aliphatic heterocycles. The van der Waals surface area contributed by atoms with Gasteiger partial charge in [0.1, 0.15) is 0 Å². The van der Waals surface area contributed by atoms with Crippen LogP contribution in [0.25, 0.3) is 0 Å². The number of amides is 1. The highest BCUT2D eigenvalue weighted by molar-refractivity contribution is 5.78. The van der Waals surface area contributed by atoms with Gasteiger partial charge in [-0.1, -0.05) is 6.92 Å². The van der Waals surface area contributed by atoms with Gasteiger partial charge in [0.05, 0.1) is 13.2 Å². The van der Waals surface area contributed by atoms with Crippen molar-refractivity contribution in [2.24, 2.45) is 5.73 Å². The average Bonchev–Trinajstić information content (AvgIpc) is 2.23. The summed E-state index contributed by atoms with van der Waals surface area (Å²) in [7, 11) is 1.67. The van der Waals surface area contributed by atoms with E-state index in [-0.39, 0.29) is 11.9 Å². The monoisotopic (exact) mass is 217 g/mol. The molecule has 0 spiro atoms. The van der Waals surface area contributed by atoms with E-state index in [2.05, 4.69) is 10.2 Å². The van der Waals surface area contributed by atoms with E-state index in [9.17, 15) is 4.79 Å². The molecular weight excluding hydrogens is 194 g/mol. The molecule has 0 radical (unpaired) electrons. The summed E-state index contributed by atoms with van der Waals surface area (Å²) in [5, 5.41) is 2.75. The van der Waals surface area contributed by atoms with Gasteiger partial charge < -0.3 is 15.8 Å². The Hall–Kier alpha value is -0.650. The third kappa shape index (κ3) is 6.43. The Bertz CT molecular complexity index is 176. The molecule has 5 heteroatoms. The summed E-state index contributed by atoms with van der Waals surface area (Å²) in [6, 6.07) is 0.253. The van der Waals surface area contributed by atoms with Gasteiger partial charge >= 0.3 is 0 Å². The van der Waals surface area contributed by atoms with Gasteiger partial charge in [0.2, 0.25) is 5.91 Å². The van der Waals surface area contributed by atoms with Crippen LogP contribution in [0.1, 0.15) is 13.8 Å². The number of likely N-dealkylation sites (N-methyl/N-ethyl adjacent to an activating group) is 1. The fraction of sp³-hybridized carbons (Fsp3) is 0.900. The SMILES string of the molecule is CCN(CC(=O)NCCN)C(C)COC. The van der Waals surface area contributed by atoms with Gasteiger partial charge in [-0.25, -0.2) is 0 Å². The molecule has 0 bridgehead atoms. The van der Waals surface area contributed by atoms with E-state index in [4.69, 9.17) is 10.5 Å². The second kappa shape index (κ2) is 8.64. The van der Waals surface area contributed by atoms with Crippen LogP contribution in [0.4, 0.5) is 0 Å². The lowest BCUT2D eigenvalue weighted by Gasteiger charge is -2.26. The summed E-state index contributed by atoms with van der Waals surface area (Å²) in [4.78, 5) is 13.5. The van der Waals surface area contributed by atoms with E-state index < -0.39 is 0 Å². The topological polar surface area (TPSA) is 67.6 Å². The number of carbonyl (C=O) groups excluding carboxylic acids is 1. The first-order valence-electron chi connectivity index (χ1n) is 5.35. The molecule has 3 N–H and O–H groups in total. The van der Waals surface area contributed by atoms with E-state index in [1.165, 1.54) is 0 Å². The van der Waals surface area contributed by atoms with E-state index in [0.717, 1.165) is 6.54 Å². The van der Waals surface area contributed by atoms with Crippen LogP contribution in [-0.4, -0.2) is 56.7 Å². The van der Waals surface area contributed by atoms with E-state index >= 15 is 0 Å². The molecule has 1 unspecified atom stereocenters. The van der Waals surface area contributed by atoms with Gasteiger partial charge in [-0.3, -0.25) is 9.69 Å². The molecule has 0 heterocycles. The summed E-state index contributed by atoms with van der Waals surface area (Å²) in [6.45, 7) is 6.96. The summed E-state index contributed by atoms with van der Waals surface area (Å²) >= 11 is 0. The molecule has 0 aromatic heterocycles. The molecule has 0 rings (SSSR count). The van der Waals surface area contributed by atoms with Gasteiger partial charge in [-0.2, -0.15) is 0 Å². The van der Waals surface area contributed by atoms with Crippen LogP contribution in [0.2, 0.25) is 0 Å². The number of nitrogens with two attached hydrogens (primary N) is 1. The number of nitrogens with one attached hydrogen (secondary N) is 1. The van der Waals surface area contributed by atoms with E-state index in [1.54, 1.807) is 7.11 Å². The number of methoxy groups -OCH3 is 1. The third-order valence-electron chi connectivity index (χ3n) is 2.25. The van der Waals surface area contributed by atoms with Crippen LogP contribution in [-0.2, 0) is 9.53 Å². The molecule has 0 aromatic rings. The van der Waals surface area contributed by atoms with Crippen molar-refractivity contribution in [2.45, 2.75) is 19.9 Å². The van der Waals surface area contributed by atoms with Crippen LogP contribution < -0.4 is 11.1 Å². The van der Waals surface area contributed by atoms with Crippen molar-refractivity contribution in [1.29, 1.82) is 0 Å². The Morgan fingerprint density at radius 3 is 2.73 bits per heavy atom. The van der Waals surface area contributed by atoms with Gasteiger partial charge in [0.15, 0.2) is 0 Å². The minimum absolute atomic E-state index is 0.0188. The maximum Gasteiger partial charge on any atom is 0.234 e. The smallest absolute Gasteiger partial charge is 0.234 e. The Morgan fingerprint density at radius 1 is 1.60 bits per heavy atom. The Labute approximate surface area is 91.9 Å². The molecule has 0 aromatic carbocycles. The van der Waals surface area contributed by atoms with Crippen molar-refractivity contribution in [3.05, 3.63) is 0 Å². The van der Waals surface area contributed by atoms with Crippen molar-refractivity contribution in [3.8, 4) is 0 Å². The lowest BCUT2D eigenvalue weighted by Crippen LogP contribution is -2.44. The van der Waals surface area contributed by atoms with Crippen molar-refractivity contribution in [3.63, 3.8) is 0 Å². The van der Waals surface area contributed by atoms with Crippen molar-refractivity contribution < 1.29 is 9.53 Å². The van der Waals surface area contributed by atoms with Crippen LogP contribution in [0.5, 0.6) is 0 Å². The molecule has 15 heavy (non-hydrogen) atoms. The minimum atomic E-state index is 0.0188. The highest BCUT2D eigenvalue weighted by Gasteiger charge is 2.14. The Balaban J connectivity index is 3.91. The average molecular weight is 217 g/mol. The lowest BCUT2D eigenvalue weighted by molar-refractivity contribution is -0.122. The molecule has 0 fully saturated rings. The molecule has 1 atom stereocenters. The minimum Gasteiger partial charge on any atom is -0.383 e. The third-order valence-corrected chi connectivity index (χ3v) is 2.25. The second-order valence-electron chi connectivity index (χ2n) is 3.51. The normalized spacial score (nSPS) is 12.9. The zero-order valence-corrected chi connectivity index (χ0v) is 9.95.